The zero-order valence-corrected chi connectivity index (χ0v) is 13.7. The Kier molecular flexibility index (Phi) is 4.79. The van der Waals surface area contributed by atoms with Crippen LogP contribution in [-0.4, -0.2) is 24.9 Å². The molecule has 2 amide bonds. The molecule has 0 atom stereocenters. The van der Waals surface area contributed by atoms with Gasteiger partial charge in [0.05, 0.1) is 6.54 Å². The number of carbonyl (C=O) groups is 2. The molecule has 0 aromatic heterocycles. The molecule has 1 aliphatic rings. The summed E-state index contributed by atoms with van der Waals surface area (Å²) in [5.41, 5.74) is 3.85. The minimum atomic E-state index is -0.0152. The molecule has 0 saturated carbocycles. The standard InChI is InChI=1S/C19H21N3O2/c1-2-18(23)21-16-9-7-15(8-10-16)20-13-19(24)22-12-11-14-5-3-4-6-17(14)22/h3-10,20H,2,11-13H2,1H3,(H,21,23). The lowest BCUT2D eigenvalue weighted by atomic mass is 10.2. The summed E-state index contributed by atoms with van der Waals surface area (Å²) >= 11 is 0. The maximum atomic E-state index is 12.4. The number of nitrogens with zero attached hydrogens (tertiary/aromatic N) is 1. The predicted octanol–water partition coefficient (Wildman–Crippen LogP) is 3.04. The highest BCUT2D eigenvalue weighted by molar-refractivity contribution is 5.98. The molecule has 5 nitrogen and oxygen atoms in total. The normalized spacial score (nSPS) is 12.6. The highest BCUT2D eigenvalue weighted by atomic mass is 16.2. The van der Waals surface area contributed by atoms with Crippen molar-refractivity contribution >= 4 is 28.9 Å². The molecule has 0 aliphatic carbocycles. The minimum absolute atomic E-state index is 0.0152. The molecule has 24 heavy (non-hydrogen) atoms. The Morgan fingerprint density at radius 2 is 1.75 bits per heavy atom. The van der Waals surface area contributed by atoms with Gasteiger partial charge in [0.25, 0.3) is 0 Å². The van der Waals surface area contributed by atoms with Gasteiger partial charge in [0.15, 0.2) is 0 Å². The van der Waals surface area contributed by atoms with Crippen molar-refractivity contribution in [1.29, 1.82) is 0 Å². The lowest BCUT2D eigenvalue weighted by Crippen LogP contribution is -2.34. The molecule has 0 bridgehead atoms. The fourth-order valence-electron chi connectivity index (χ4n) is 2.79. The zero-order chi connectivity index (χ0) is 16.9. The molecule has 5 heteroatoms. The summed E-state index contributed by atoms with van der Waals surface area (Å²) < 4.78 is 0. The monoisotopic (exact) mass is 323 g/mol. The molecule has 2 aromatic rings. The Bertz CT molecular complexity index is 741. The SMILES string of the molecule is CCC(=O)Nc1ccc(NCC(=O)N2CCc3ccccc32)cc1. The van der Waals surface area contributed by atoms with E-state index in [0.29, 0.717) is 6.42 Å². The van der Waals surface area contributed by atoms with E-state index < -0.39 is 0 Å². The van der Waals surface area contributed by atoms with Gasteiger partial charge in [-0.1, -0.05) is 25.1 Å². The van der Waals surface area contributed by atoms with E-state index in [1.807, 2.05) is 54.3 Å². The molecule has 0 unspecified atom stereocenters. The maximum absolute atomic E-state index is 12.4. The number of benzene rings is 2. The van der Waals surface area contributed by atoms with E-state index in [0.717, 1.165) is 30.0 Å². The van der Waals surface area contributed by atoms with E-state index in [9.17, 15) is 9.59 Å². The van der Waals surface area contributed by atoms with Gasteiger partial charge in [0.2, 0.25) is 11.8 Å². The molecule has 3 rings (SSSR count). The Labute approximate surface area is 141 Å². The van der Waals surface area contributed by atoms with Crippen LogP contribution in [0.15, 0.2) is 48.5 Å². The van der Waals surface area contributed by atoms with Gasteiger partial charge in [-0.2, -0.15) is 0 Å². The van der Waals surface area contributed by atoms with E-state index in [-0.39, 0.29) is 18.4 Å². The van der Waals surface area contributed by atoms with E-state index in [1.165, 1.54) is 5.56 Å². The van der Waals surface area contributed by atoms with Crippen LogP contribution in [0, 0.1) is 0 Å². The Balaban J connectivity index is 1.56. The maximum Gasteiger partial charge on any atom is 0.246 e. The second-order valence-electron chi connectivity index (χ2n) is 5.76. The average Bonchev–Trinajstić information content (AvgIpc) is 3.05. The molecule has 2 N–H and O–H groups in total. The van der Waals surface area contributed by atoms with E-state index >= 15 is 0 Å². The number of para-hydroxylation sites is 1. The Morgan fingerprint density at radius 1 is 1.04 bits per heavy atom. The van der Waals surface area contributed by atoms with E-state index in [4.69, 9.17) is 0 Å². The second kappa shape index (κ2) is 7.17. The van der Waals surface area contributed by atoms with Gasteiger partial charge >= 0.3 is 0 Å². The molecular formula is C19H21N3O2. The predicted molar refractivity (Wildman–Crippen MR) is 96.4 cm³/mol. The molecule has 0 saturated heterocycles. The molecule has 124 valence electrons. The van der Waals surface area contributed by atoms with Crippen molar-refractivity contribution in [3.8, 4) is 0 Å². The molecule has 0 radical (unpaired) electrons. The molecule has 0 spiro atoms. The first-order valence-electron chi connectivity index (χ1n) is 8.19. The van der Waals surface area contributed by atoms with Crippen molar-refractivity contribution in [1.82, 2.24) is 0 Å². The Morgan fingerprint density at radius 3 is 2.50 bits per heavy atom. The summed E-state index contributed by atoms with van der Waals surface area (Å²) in [5.74, 6) is 0.0434. The van der Waals surface area contributed by atoms with Crippen LogP contribution in [-0.2, 0) is 16.0 Å². The summed E-state index contributed by atoms with van der Waals surface area (Å²) in [7, 11) is 0. The van der Waals surface area contributed by atoms with Crippen molar-refractivity contribution in [2.45, 2.75) is 19.8 Å². The second-order valence-corrected chi connectivity index (χ2v) is 5.76. The quantitative estimate of drug-likeness (QED) is 0.889. The van der Waals surface area contributed by atoms with Crippen molar-refractivity contribution in [2.75, 3.05) is 28.6 Å². The first kappa shape index (κ1) is 16.1. The fraction of sp³-hybridized carbons (Fsp3) is 0.263. The smallest absolute Gasteiger partial charge is 0.246 e. The fourth-order valence-corrected chi connectivity index (χ4v) is 2.79. The van der Waals surface area contributed by atoms with Crippen LogP contribution in [0.1, 0.15) is 18.9 Å². The number of fused-ring (bicyclic) bond motifs is 1. The third-order valence-electron chi connectivity index (χ3n) is 4.12. The largest absolute Gasteiger partial charge is 0.376 e. The molecule has 0 fully saturated rings. The van der Waals surface area contributed by atoms with Crippen LogP contribution in [0.3, 0.4) is 0 Å². The van der Waals surface area contributed by atoms with Crippen molar-refractivity contribution < 1.29 is 9.59 Å². The van der Waals surface area contributed by atoms with Crippen LogP contribution in [0.25, 0.3) is 0 Å². The van der Waals surface area contributed by atoms with Crippen LogP contribution < -0.4 is 15.5 Å². The van der Waals surface area contributed by atoms with Gasteiger partial charge in [-0.05, 0) is 42.3 Å². The summed E-state index contributed by atoms with van der Waals surface area (Å²) in [6.07, 6.45) is 1.36. The lowest BCUT2D eigenvalue weighted by Gasteiger charge is -2.18. The minimum Gasteiger partial charge on any atom is -0.376 e. The lowest BCUT2D eigenvalue weighted by molar-refractivity contribution is -0.117. The molecular weight excluding hydrogens is 302 g/mol. The van der Waals surface area contributed by atoms with Gasteiger partial charge < -0.3 is 15.5 Å². The van der Waals surface area contributed by atoms with Gasteiger partial charge in [-0.15, -0.1) is 0 Å². The number of hydrogen-bond acceptors (Lipinski definition) is 3. The number of rotatable bonds is 5. The van der Waals surface area contributed by atoms with Crippen molar-refractivity contribution in [3.05, 3.63) is 54.1 Å². The van der Waals surface area contributed by atoms with Gasteiger partial charge in [0.1, 0.15) is 0 Å². The summed E-state index contributed by atoms with van der Waals surface area (Å²) in [5, 5.41) is 5.94. The van der Waals surface area contributed by atoms with Crippen LogP contribution in [0.4, 0.5) is 17.1 Å². The van der Waals surface area contributed by atoms with Crippen LogP contribution in [0.2, 0.25) is 0 Å². The number of anilines is 3. The third kappa shape index (κ3) is 3.56. The zero-order valence-electron chi connectivity index (χ0n) is 13.7. The van der Waals surface area contributed by atoms with E-state index in [2.05, 4.69) is 16.7 Å². The number of hydrogen-bond donors (Lipinski definition) is 2. The van der Waals surface area contributed by atoms with Gasteiger partial charge in [0, 0.05) is 30.0 Å². The molecule has 1 heterocycles. The summed E-state index contributed by atoms with van der Waals surface area (Å²) in [6, 6.07) is 15.4. The number of amides is 2. The number of carbonyl (C=O) groups excluding carboxylic acids is 2. The summed E-state index contributed by atoms with van der Waals surface area (Å²) in [6.45, 7) is 2.80. The van der Waals surface area contributed by atoms with Gasteiger partial charge in [-0.3, -0.25) is 9.59 Å². The topological polar surface area (TPSA) is 61.4 Å². The molecule has 2 aromatic carbocycles. The third-order valence-corrected chi connectivity index (χ3v) is 4.12. The summed E-state index contributed by atoms with van der Waals surface area (Å²) in [4.78, 5) is 25.6. The average molecular weight is 323 g/mol. The van der Waals surface area contributed by atoms with Crippen molar-refractivity contribution in [2.24, 2.45) is 0 Å². The van der Waals surface area contributed by atoms with Crippen LogP contribution >= 0.6 is 0 Å². The highest BCUT2D eigenvalue weighted by Gasteiger charge is 2.23. The first-order chi connectivity index (χ1) is 11.7. The highest BCUT2D eigenvalue weighted by Crippen LogP contribution is 2.27. The van der Waals surface area contributed by atoms with Crippen LogP contribution in [0.5, 0.6) is 0 Å². The number of nitrogens with one attached hydrogen (secondary N) is 2. The van der Waals surface area contributed by atoms with E-state index in [1.54, 1.807) is 0 Å². The first-order valence-corrected chi connectivity index (χ1v) is 8.19. The Hall–Kier alpha value is -2.82. The van der Waals surface area contributed by atoms with Gasteiger partial charge in [-0.25, -0.2) is 0 Å². The van der Waals surface area contributed by atoms with Crippen molar-refractivity contribution in [3.63, 3.8) is 0 Å². The molecule has 1 aliphatic heterocycles.